The molecule has 0 radical (unpaired) electrons. The van der Waals surface area contributed by atoms with E-state index >= 15 is 0 Å². The maximum absolute atomic E-state index is 5.77. The summed E-state index contributed by atoms with van der Waals surface area (Å²) in [6.07, 6.45) is 5.58. The number of nitrogens with zero attached hydrogens (tertiary/aromatic N) is 4. The maximum atomic E-state index is 5.77. The standard InChI is InChI=1S/C14H9N4O/c1-3-9-7-17-8-11-18(14(17)12(9)15-5-1)10-4-2-6-16-13(10)19-11/h1-6,8H,7H2/q+1. The molecule has 0 amide bonds. The Labute approximate surface area is 107 Å². The normalized spacial score (nSPS) is 13.1. The summed E-state index contributed by atoms with van der Waals surface area (Å²) in [5, 5.41) is 0. The lowest BCUT2D eigenvalue weighted by Crippen LogP contribution is -2.29. The van der Waals surface area contributed by atoms with E-state index in [-0.39, 0.29) is 0 Å². The summed E-state index contributed by atoms with van der Waals surface area (Å²) in [6.45, 7) is 0.845. The largest absolute Gasteiger partial charge is 0.396 e. The van der Waals surface area contributed by atoms with Gasteiger partial charge in [0.15, 0.2) is 17.4 Å². The van der Waals surface area contributed by atoms with Crippen LogP contribution in [0.3, 0.4) is 0 Å². The Kier molecular flexibility index (Phi) is 1.46. The SMILES string of the molecule is c1cnc2c(c1)C[n+]1cc3oc4ncccc4n3c1-2. The van der Waals surface area contributed by atoms with Gasteiger partial charge in [0.2, 0.25) is 0 Å². The summed E-state index contributed by atoms with van der Waals surface area (Å²) in [4.78, 5) is 8.76. The highest BCUT2D eigenvalue weighted by Gasteiger charge is 2.34. The molecule has 90 valence electrons. The van der Waals surface area contributed by atoms with Gasteiger partial charge in [-0.05, 0) is 18.2 Å². The van der Waals surface area contributed by atoms with Crippen molar-refractivity contribution in [1.29, 1.82) is 0 Å². The number of hydrogen-bond donors (Lipinski definition) is 0. The Hall–Kier alpha value is -2.69. The molecule has 0 spiro atoms. The second-order valence-corrected chi connectivity index (χ2v) is 4.70. The number of aromatic nitrogens is 4. The van der Waals surface area contributed by atoms with Crippen molar-refractivity contribution >= 4 is 16.9 Å². The zero-order chi connectivity index (χ0) is 12.4. The van der Waals surface area contributed by atoms with Crippen LogP contribution in [0.15, 0.2) is 47.3 Å². The van der Waals surface area contributed by atoms with Gasteiger partial charge < -0.3 is 4.42 Å². The van der Waals surface area contributed by atoms with Crippen molar-refractivity contribution in [2.24, 2.45) is 0 Å². The topological polar surface area (TPSA) is 47.2 Å². The van der Waals surface area contributed by atoms with Crippen LogP contribution in [0.5, 0.6) is 0 Å². The predicted octanol–water partition coefficient (Wildman–Crippen LogP) is 1.79. The zero-order valence-electron chi connectivity index (χ0n) is 9.95. The molecule has 1 aliphatic rings. The highest BCUT2D eigenvalue weighted by molar-refractivity contribution is 5.76. The molecule has 4 aromatic rings. The number of rotatable bonds is 0. The fraction of sp³-hybridized carbons (Fsp3) is 0.0714. The van der Waals surface area contributed by atoms with E-state index in [0.717, 1.165) is 29.3 Å². The van der Waals surface area contributed by atoms with Crippen LogP contribution in [-0.2, 0) is 6.54 Å². The number of pyridine rings is 2. The van der Waals surface area contributed by atoms with Crippen molar-refractivity contribution in [2.75, 3.05) is 0 Å². The molecule has 0 bridgehead atoms. The third-order valence-electron chi connectivity index (χ3n) is 3.61. The molecule has 0 saturated heterocycles. The van der Waals surface area contributed by atoms with Gasteiger partial charge >= 0.3 is 11.5 Å². The monoisotopic (exact) mass is 249 g/mol. The van der Waals surface area contributed by atoms with Crippen LogP contribution in [0.4, 0.5) is 0 Å². The molecule has 5 heterocycles. The van der Waals surface area contributed by atoms with Gasteiger partial charge in [-0.1, -0.05) is 6.07 Å². The third-order valence-corrected chi connectivity index (χ3v) is 3.61. The van der Waals surface area contributed by atoms with E-state index < -0.39 is 0 Å². The smallest absolute Gasteiger partial charge is 0.337 e. The summed E-state index contributed by atoms with van der Waals surface area (Å²) in [5.41, 5.74) is 4.70. The summed E-state index contributed by atoms with van der Waals surface area (Å²) in [5.74, 6) is 1.07. The zero-order valence-corrected chi connectivity index (χ0v) is 9.95. The molecule has 0 unspecified atom stereocenters. The number of hydrogen-bond acceptors (Lipinski definition) is 3. The van der Waals surface area contributed by atoms with E-state index in [9.17, 15) is 0 Å². The summed E-state index contributed by atoms with van der Waals surface area (Å²) in [7, 11) is 0. The van der Waals surface area contributed by atoms with Crippen LogP contribution in [0.1, 0.15) is 5.56 Å². The van der Waals surface area contributed by atoms with Crippen LogP contribution in [0.25, 0.3) is 28.5 Å². The molecule has 0 aliphatic carbocycles. The molecule has 0 fully saturated rings. The van der Waals surface area contributed by atoms with Crippen LogP contribution in [0, 0.1) is 0 Å². The van der Waals surface area contributed by atoms with Crippen molar-refractivity contribution in [3.63, 3.8) is 0 Å². The first-order valence-electron chi connectivity index (χ1n) is 6.14. The lowest BCUT2D eigenvalue weighted by molar-refractivity contribution is -0.670. The van der Waals surface area contributed by atoms with E-state index in [2.05, 4.69) is 25.0 Å². The highest BCUT2D eigenvalue weighted by Crippen LogP contribution is 2.29. The van der Waals surface area contributed by atoms with Gasteiger partial charge in [0.05, 0.1) is 0 Å². The number of fused-ring (bicyclic) bond motifs is 7. The average molecular weight is 249 g/mol. The van der Waals surface area contributed by atoms with Crippen LogP contribution in [-0.4, -0.2) is 14.4 Å². The molecule has 1 aliphatic heterocycles. The van der Waals surface area contributed by atoms with E-state index in [1.165, 1.54) is 5.56 Å². The van der Waals surface area contributed by atoms with Crippen molar-refractivity contribution in [3.05, 3.63) is 48.4 Å². The lowest BCUT2D eigenvalue weighted by atomic mass is 10.2. The average Bonchev–Trinajstić information content (AvgIpc) is 3.04. The maximum Gasteiger partial charge on any atom is 0.337 e. The number of imidazole rings is 1. The van der Waals surface area contributed by atoms with Crippen LogP contribution >= 0.6 is 0 Å². The summed E-state index contributed by atoms with van der Waals surface area (Å²) < 4.78 is 10.0. The van der Waals surface area contributed by atoms with Gasteiger partial charge in [0.1, 0.15) is 6.54 Å². The summed E-state index contributed by atoms with van der Waals surface area (Å²) in [6, 6.07) is 8.02. The van der Waals surface area contributed by atoms with Gasteiger partial charge in [0, 0.05) is 18.0 Å². The minimum absolute atomic E-state index is 0.658. The highest BCUT2D eigenvalue weighted by atomic mass is 16.4. The Balaban J connectivity index is 2.00. The Morgan fingerprint density at radius 1 is 1.16 bits per heavy atom. The first-order valence-corrected chi connectivity index (χ1v) is 6.14. The molecular formula is C14H9N4O+. The molecule has 5 rings (SSSR count). The molecule has 19 heavy (non-hydrogen) atoms. The van der Waals surface area contributed by atoms with E-state index in [1.807, 2.05) is 30.6 Å². The Bertz CT molecular complexity index is 951. The fourth-order valence-corrected chi connectivity index (χ4v) is 2.83. The van der Waals surface area contributed by atoms with E-state index in [1.54, 1.807) is 6.20 Å². The third kappa shape index (κ3) is 1.03. The van der Waals surface area contributed by atoms with Gasteiger partial charge in [0.25, 0.3) is 5.71 Å². The predicted molar refractivity (Wildman–Crippen MR) is 67.5 cm³/mol. The second kappa shape index (κ2) is 3.00. The fourth-order valence-electron chi connectivity index (χ4n) is 2.83. The second-order valence-electron chi connectivity index (χ2n) is 4.70. The van der Waals surface area contributed by atoms with Crippen LogP contribution < -0.4 is 4.57 Å². The molecule has 0 saturated carbocycles. The lowest BCUT2D eigenvalue weighted by Gasteiger charge is -1.91. The van der Waals surface area contributed by atoms with Crippen molar-refractivity contribution < 1.29 is 8.98 Å². The quantitative estimate of drug-likeness (QED) is 0.393. The van der Waals surface area contributed by atoms with Crippen molar-refractivity contribution in [1.82, 2.24) is 14.4 Å². The summed E-state index contributed by atoms with van der Waals surface area (Å²) >= 11 is 0. The molecule has 0 aromatic carbocycles. The Morgan fingerprint density at radius 2 is 2.05 bits per heavy atom. The first-order chi connectivity index (χ1) is 9.42. The molecule has 5 nitrogen and oxygen atoms in total. The minimum Gasteiger partial charge on any atom is -0.396 e. The Morgan fingerprint density at radius 3 is 3.05 bits per heavy atom. The first kappa shape index (κ1) is 9.27. The number of oxazole rings is 1. The van der Waals surface area contributed by atoms with Crippen LogP contribution in [0.2, 0.25) is 0 Å². The van der Waals surface area contributed by atoms with E-state index in [0.29, 0.717) is 5.71 Å². The molecule has 0 N–H and O–H groups in total. The van der Waals surface area contributed by atoms with E-state index in [4.69, 9.17) is 4.42 Å². The van der Waals surface area contributed by atoms with Crippen molar-refractivity contribution in [3.8, 4) is 11.5 Å². The molecular weight excluding hydrogens is 240 g/mol. The minimum atomic E-state index is 0.658. The van der Waals surface area contributed by atoms with Gasteiger partial charge in [-0.25, -0.2) is 14.5 Å². The van der Waals surface area contributed by atoms with Gasteiger partial charge in [-0.15, -0.1) is 0 Å². The van der Waals surface area contributed by atoms with Gasteiger partial charge in [-0.2, -0.15) is 4.40 Å². The van der Waals surface area contributed by atoms with Gasteiger partial charge in [-0.3, -0.25) is 0 Å². The van der Waals surface area contributed by atoms with Crippen molar-refractivity contribution in [2.45, 2.75) is 6.54 Å². The molecule has 0 atom stereocenters. The molecule has 4 aromatic heterocycles. The molecule has 5 heteroatoms.